The molecule has 21 heavy (non-hydrogen) atoms. The highest BCUT2D eigenvalue weighted by Gasteiger charge is 2.18. The maximum absolute atomic E-state index is 11.2. The molecule has 1 aliphatic rings. The van der Waals surface area contributed by atoms with Crippen molar-refractivity contribution in [2.45, 2.75) is 6.92 Å². The third-order valence-corrected chi connectivity index (χ3v) is 3.05. The fourth-order valence-electron chi connectivity index (χ4n) is 2.02. The zero-order valence-electron chi connectivity index (χ0n) is 11.3. The average Bonchev–Trinajstić information content (AvgIpc) is 2.94. The van der Waals surface area contributed by atoms with E-state index in [9.17, 15) is 4.79 Å². The van der Waals surface area contributed by atoms with E-state index in [2.05, 4.69) is 20.6 Å². The van der Waals surface area contributed by atoms with Crippen LogP contribution >= 0.6 is 0 Å². The molecule has 7 heteroatoms. The number of nitrogens with zero attached hydrogens (tertiary/aromatic N) is 4. The van der Waals surface area contributed by atoms with E-state index in [1.807, 2.05) is 31.3 Å². The Morgan fingerprint density at radius 1 is 1.38 bits per heavy atom. The molecule has 0 saturated carbocycles. The van der Waals surface area contributed by atoms with Gasteiger partial charge in [0.25, 0.3) is 0 Å². The van der Waals surface area contributed by atoms with E-state index < -0.39 is 5.97 Å². The summed E-state index contributed by atoms with van der Waals surface area (Å²) in [4.78, 5) is 11.2. The monoisotopic (exact) mass is 283 g/mol. The van der Waals surface area contributed by atoms with Crippen molar-refractivity contribution in [2.24, 2.45) is 0 Å². The molecule has 3 rings (SSSR count). The number of nitrogens with one attached hydrogen (secondary N) is 1. The molecule has 0 atom stereocenters. The minimum Gasteiger partial charge on any atom is -0.476 e. The summed E-state index contributed by atoms with van der Waals surface area (Å²) in [7, 11) is 0. The molecule has 0 bridgehead atoms. The molecule has 0 spiro atoms. The zero-order chi connectivity index (χ0) is 14.8. The Morgan fingerprint density at radius 3 is 2.86 bits per heavy atom. The number of hydrogen-bond acceptors (Lipinski definition) is 5. The van der Waals surface area contributed by atoms with Gasteiger partial charge in [-0.1, -0.05) is 0 Å². The molecule has 2 N–H and O–H groups in total. The lowest BCUT2D eigenvalue weighted by Gasteiger charge is -2.13. The molecular formula is C14H13N5O2. The number of dihydropyridines is 1. The minimum absolute atomic E-state index is 0.0252. The summed E-state index contributed by atoms with van der Waals surface area (Å²) in [5.41, 5.74) is 2.79. The van der Waals surface area contributed by atoms with Gasteiger partial charge in [-0.3, -0.25) is 0 Å². The van der Waals surface area contributed by atoms with Crippen LogP contribution in [-0.4, -0.2) is 37.6 Å². The van der Waals surface area contributed by atoms with Gasteiger partial charge >= 0.3 is 5.97 Å². The van der Waals surface area contributed by atoms with Crippen LogP contribution in [0.2, 0.25) is 0 Å². The summed E-state index contributed by atoms with van der Waals surface area (Å²) in [5.74, 6) is -1.07. The zero-order valence-corrected chi connectivity index (χ0v) is 11.3. The van der Waals surface area contributed by atoms with Crippen LogP contribution in [0.5, 0.6) is 0 Å². The van der Waals surface area contributed by atoms with Crippen molar-refractivity contribution < 1.29 is 9.90 Å². The maximum atomic E-state index is 11.2. The van der Waals surface area contributed by atoms with Gasteiger partial charge in [0, 0.05) is 6.07 Å². The van der Waals surface area contributed by atoms with Gasteiger partial charge < -0.3 is 10.4 Å². The van der Waals surface area contributed by atoms with Crippen LogP contribution in [-0.2, 0) is 0 Å². The smallest absolute Gasteiger partial charge is 0.356 e. The van der Waals surface area contributed by atoms with Crippen molar-refractivity contribution in [2.75, 3.05) is 6.54 Å². The van der Waals surface area contributed by atoms with Crippen molar-refractivity contribution in [1.82, 2.24) is 25.3 Å². The second kappa shape index (κ2) is 5.20. The molecule has 3 heterocycles. The minimum atomic E-state index is -1.07. The molecule has 1 aliphatic heterocycles. The second-order valence-electron chi connectivity index (χ2n) is 4.59. The molecule has 0 saturated heterocycles. The Labute approximate surface area is 120 Å². The van der Waals surface area contributed by atoms with Crippen molar-refractivity contribution in [3.05, 3.63) is 47.9 Å². The van der Waals surface area contributed by atoms with E-state index in [1.54, 1.807) is 10.7 Å². The number of carboxylic acids is 1. The lowest BCUT2D eigenvalue weighted by Crippen LogP contribution is -2.17. The van der Waals surface area contributed by atoms with Crippen LogP contribution in [0.4, 0.5) is 0 Å². The molecule has 0 unspecified atom stereocenters. The highest BCUT2D eigenvalue weighted by Crippen LogP contribution is 2.22. The standard InChI is InChI=1S/C14H13N5O2/c1-9-4-5-11(17-16-9)13-7-12(14(20)21)18-19(13)10-3-2-6-15-8-10/h2-7,15H,8H2,1H3,(H,20,21). The van der Waals surface area contributed by atoms with Crippen molar-refractivity contribution in [3.8, 4) is 11.4 Å². The fourth-order valence-corrected chi connectivity index (χ4v) is 2.02. The van der Waals surface area contributed by atoms with Gasteiger partial charge in [0.1, 0.15) is 5.69 Å². The molecule has 0 fully saturated rings. The first-order valence-electron chi connectivity index (χ1n) is 6.38. The molecule has 7 nitrogen and oxygen atoms in total. The number of carbonyl (C=O) groups is 1. The third-order valence-electron chi connectivity index (χ3n) is 3.05. The molecule has 0 radical (unpaired) electrons. The lowest BCUT2D eigenvalue weighted by molar-refractivity contribution is 0.0690. The third kappa shape index (κ3) is 2.53. The van der Waals surface area contributed by atoms with E-state index in [1.165, 1.54) is 6.07 Å². The summed E-state index contributed by atoms with van der Waals surface area (Å²) in [5, 5.41) is 24.5. The SMILES string of the molecule is Cc1ccc(-c2cc(C(=O)O)nn2C2=CC=CNC2)nn1. The van der Waals surface area contributed by atoms with Crippen LogP contribution in [0, 0.1) is 6.92 Å². The Hall–Kier alpha value is -2.96. The topological polar surface area (TPSA) is 92.9 Å². The van der Waals surface area contributed by atoms with E-state index in [0.717, 1.165) is 11.4 Å². The van der Waals surface area contributed by atoms with Gasteiger partial charge in [-0.15, -0.1) is 5.10 Å². The molecule has 0 aliphatic carbocycles. The van der Waals surface area contributed by atoms with Crippen molar-refractivity contribution >= 4 is 11.7 Å². The Balaban J connectivity index is 2.13. The van der Waals surface area contributed by atoms with E-state index in [4.69, 9.17) is 5.11 Å². The summed E-state index contributed by atoms with van der Waals surface area (Å²) in [6.45, 7) is 2.40. The first-order chi connectivity index (χ1) is 10.1. The van der Waals surface area contributed by atoms with Gasteiger partial charge in [-0.05, 0) is 37.4 Å². The molecular weight excluding hydrogens is 270 g/mol. The number of allylic oxidation sites excluding steroid dienone is 2. The maximum Gasteiger partial charge on any atom is 0.356 e. The predicted molar refractivity (Wildman–Crippen MR) is 76.4 cm³/mol. The van der Waals surface area contributed by atoms with Crippen LogP contribution in [0.1, 0.15) is 16.2 Å². The summed E-state index contributed by atoms with van der Waals surface area (Å²) in [6, 6.07) is 5.13. The molecule has 0 aromatic carbocycles. The number of aryl methyl sites for hydroxylation is 1. The van der Waals surface area contributed by atoms with Gasteiger partial charge in [0.15, 0.2) is 5.69 Å². The summed E-state index contributed by atoms with van der Waals surface area (Å²) in [6.07, 6.45) is 5.53. The van der Waals surface area contributed by atoms with Gasteiger partial charge in [0.05, 0.1) is 23.6 Å². The van der Waals surface area contributed by atoms with Crippen LogP contribution in [0.3, 0.4) is 0 Å². The largest absolute Gasteiger partial charge is 0.476 e. The van der Waals surface area contributed by atoms with Crippen LogP contribution in [0.15, 0.2) is 36.6 Å². The summed E-state index contributed by atoms with van der Waals surface area (Å²) < 4.78 is 1.58. The van der Waals surface area contributed by atoms with Gasteiger partial charge in [-0.25, -0.2) is 9.48 Å². The highest BCUT2D eigenvalue weighted by molar-refractivity contribution is 5.87. The lowest BCUT2D eigenvalue weighted by atomic mass is 10.2. The quantitative estimate of drug-likeness (QED) is 0.882. The predicted octanol–water partition coefficient (Wildman–Crippen LogP) is 1.30. The van der Waals surface area contributed by atoms with Gasteiger partial charge in [0.2, 0.25) is 0 Å². The van der Waals surface area contributed by atoms with Crippen LogP contribution in [0.25, 0.3) is 17.1 Å². The molecule has 0 amide bonds. The van der Waals surface area contributed by atoms with Gasteiger partial charge in [-0.2, -0.15) is 10.2 Å². The fraction of sp³-hybridized carbons (Fsp3) is 0.143. The molecule has 2 aromatic rings. The van der Waals surface area contributed by atoms with Crippen molar-refractivity contribution in [1.29, 1.82) is 0 Å². The number of aromatic nitrogens is 4. The van der Waals surface area contributed by atoms with E-state index >= 15 is 0 Å². The number of rotatable bonds is 3. The van der Waals surface area contributed by atoms with Crippen LogP contribution < -0.4 is 5.32 Å². The number of carboxylic acid groups (broad SMARTS) is 1. The Kier molecular flexibility index (Phi) is 3.23. The number of aromatic carboxylic acids is 1. The van der Waals surface area contributed by atoms with E-state index in [0.29, 0.717) is 17.9 Å². The first-order valence-corrected chi connectivity index (χ1v) is 6.38. The van der Waals surface area contributed by atoms with E-state index in [-0.39, 0.29) is 5.69 Å². The Bertz CT molecular complexity index is 743. The molecule has 106 valence electrons. The highest BCUT2D eigenvalue weighted by atomic mass is 16.4. The second-order valence-corrected chi connectivity index (χ2v) is 4.59. The number of hydrogen-bond donors (Lipinski definition) is 2. The average molecular weight is 283 g/mol. The normalized spacial score (nSPS) is 13.7. The molecule has 2 aromatic heterocycles. The first kappa shape index (κ1) is 13.0. The Morgan fingerprint density at radius 2 is 2.24 bits per heavy atom. The summed E-state index contributed by atoms with van der Waals surface area (Å²) >= 11 is 0. The van der Waals surface area contributed by atoms with Crippen molar-refractivity contribution in [3.63, 3.8) is 0 Å².